The Kier molecular flexibility index (Phi) is 5.05. The van der Waals surface area contributed by atoms with Crippen molar-refractivity contribution in [3.63, 3.8) is 0 Å². The summed E-state index contributed by atoms with van der Waals surface area (Å²) in [5.74, 6) is 2.70. The van der Waals surface area contributed by atoms with Crippen LogP contribution in [0.3, 0.4) is 0 Å². The van der Waals surface area contributed by atoms with Crippen LogP contribution in [-0.2, 0) is 0 Å². The van der Waals surface area contributed by atoms with Gasteiger partial charge >= 0.3 is 0 Å². The molecule has 1 aromatic heterocycles. The molecule has 3 aliphatic rings. The maximum Gasteiger partial charge on any atom is 0.224 e. The third-order valence-electron chi connectivity index (χ3n) is 6.64. The van der Waals surface area contributed by atoms with Crippen LogP contribution in [0.2, 0.25) is 0 Å². The van der Waals surface area contributed by atoms with Crippen LogP contribution < -0.4 is 15.5 Å². The van der Waals surface area contributed by atoms with Gasteiger partial charge in [0.15, 0.2) is 0 Å². The fourth-order valence-electron chi connectivity index (χ4n) is 4.94. The Bertz CT molecular complexity index is 629. The predicted molar refractivity (Wildman–Crippen MR) is 107 cm³/mol. The van der Waals surface area contributed by atoms with Gasteiger partial charge in [0.25, 0.3) is 0 Å². The highest BCUT2D eigenvalue weighted by atomic mass is 15.3. The van der Waals surface area contributed by atoms with Crippen LogP contribution in [0.1, 0.15) is 64.7 Å². The van der Waals surface area contributed by atoms with E-state index in [9.17, 15) is 0 Å². The van der Waals surface area contributed by atoms with Crippen molar-refractivity contribution in [3.8, 4) is 0 Å². The lowest BCUT2D eigenvalue weighted by molar-refractivity contribution is 0.253. The Hall–Kier alpha value is -1.78. The second kappa shape index (κ2) is 7.45. The molecule has 4 rings (SSSR count). The zero-order valence-corrected chi connectivity index (χ0v) is 16.1. The minimum Gasteiger partial charge on any atom is -0.385 e. The molecule has 2 N–H and O–H groups in total. The van der Waals surface area contributed by atoms with Crippen LogP contribution in [0, 0.1) is 5.92 Å². The Morgan fingerprint density at radius 3 is 2.73 bits per heavy atom. The van der Waals surface area contributed by atoms with Gasteiger partial charge in [-0.2, -0.15) is 4.98 Å². The molecule has 1 aromatic rings. The highest BCUT2D eigenvalue weighted by Crippen LogP contribution is 2.38. The van der Waals surface area contributed by atoms with Gasteiger partial charge in [-0.1, -0.05) is 32.8 Å². The van der Waals surface area contributed by atoms with Crippen molar-refractivity contribution >= 4 is 11.8 Å². The van der Waals surface area contributed by atoms with Gasteiger partial charge in [-0.05, 0) is 50.5 Å². The lowest BCUT2D eigenvalue weighted by atomic mass is 9.79. The highest BCUT2D eigenvalue weighted by molar-refractivity contribution is 5.48. The maximum absolute atomic E-state index is 4.93. The minimum absolute atomic E-state index is 0.186. The maximum atomic E-state index is 4.93. The average molecular weight is 356 g/mol. The van der Waals surface area contributed by atoms with Gasteiger partial charge in [0.1, 0.15) is 5.82 Å². The van der Waals surface area contributed by atoms with Crippen LogP contribution in [0.4, 0.5) is 11.8 Å². The summed E-state index contributed by atoms with van der Waals surface area (Å²) in [6, 6.07) is 2.59. The quantitative estimate of drug-likeness (QED) is 0.855. The summed E-state index contributed by atoms with van der Waals surface area (Å²) in [7, 11) is 0. The van der Waals surface area contributed by atoms with Crippen molar-refractivity contribution < 1.29 is 0 Å². The summed E-state index contributed by atoms with van der Waals surface area (Å²) < 4.78 is 0. The first-order valence-corrected chi connectivity index (χ1v) is 10.4. The summed E-state index contributed by atoms with van der Waals surface area (Å²) in [4.78, 5) is 11.9. The molecule has 5 heteroatoms. The molecule has 0 bridgehead atoms. The first kappa shape index (κ1) is 17.6. The van der Waals surface area contributed by atoms with Gasteiger partial charge in [-0.15, -0.1) is 0 Å². The molecule has 0 atom stereocenters. The molecule has 26 heavy (non-hydrogen) atoms. The van der Waals surface area contributed by atoms with Crippen molar-refractivity contribution in [2.24, 2.45) is 5.92 Å². The Balaban J connectivity index is 1.53. The van der Waals surface area contributed by atoms with E-state index in [0.29, 0.717) is 6.04 Å². The zero-order chi connectivity index (χ0) is 18.0. The summed E-state index contributed by atoms with van der Waals surface area (Å²) in [6.07, 6.45) is 13.4. The zero-order valence-electron chi connectivity index (χ0n) is 16.1. The molecular weight excluding hydrogens is 322 g/mol. The summed E-state index contributed by atoms with van der Waals surface area (Å²) in [5.41, 5.74) is 1.28. The summed E-state index contributed by atoms with van der Waals surface area (Å²) >= 11 is 0. The topological polar surface area (TPSA) is 53.1 Å². The average Bonchev–Trinajstić information content (AvgIpc) is 2.67. The fourth-order valence-corrected chi connectivity index (χ4v) is 4.94. The lowest BCUT2D eigenvalue weighted by Gasteiger charge is -2.51. The fraction of sp³-hybridized carbons (Fsp3) is 0.714. The van der Waals surface area contributed by atoms with Gasteiger partial charge in [0.2, 0.25) is 5.95 Å². The van der Waals surface area contributed by atoms with Crippen LogP contribution in [-0.4, -0.2) is 34.6 Å². The van der Waals surface area contributed by atoms with Crippen molar-refractivity contribution in [1.82, 2.24) is 15.3 Å². The molecule has 142 valence electrons. The number of nitrogens with zero attached hydrogens (tertiary/aromatic N) is 3. The number of anilines is 2. The first-order chi connectivity index (χ1) is 12.6. The second-order valence-electron chi connectivity index (χ2n) is 8.67. The molecular formula is C21H33N5. The molecule has 5 nitrogen and oxygen atoms in total. The molecule has 2 saturated carbocycles. The van der Waals surface area contributed by atoms with Crippen LogP contribution in [0.25, 0.3) is 0 Å². The third kappa shape index (κ3) is 3.67. The van der Waals surface area contributed by atoms with Crippen molar-refractivity contribution in [1.29, 1.82) is 0 Å². The normalized spacial score (nSPS) is 28.7. The smallest absolute Gasteiger partial charge is 0.224 e. The molecule has 1 aliphatic heterocycles. The Morgan fingerprint density at radius 2 is 1.96 bits per heavy atom. The van der Waals surface area contributed by atoms with Crippen molar-refractivity contribution in [2.45, 2.75) is 76.3 Å². The SMILES string of the molecule is C=C1CN(c2ccnc(NC3CCC(C)CC3)n2)C2(CCCCC2)CN1. The van der Waals surface area contributed by atoms with E-state index in [0.717, 1.165) is 36.5 Å². The van der Waals surface area contributed by atoms with E-state index in [2.05, 4.69) is 40.1 Å². The van der Waals surface area contributed by atoms with Gasteiger partial charge in [-0.3, -0.25) is 0 Å². The van der Waals surface area contributed by atoms with E-state index >= 15 is 0 Å². The van der Waals surface area contributed by atoms with E-state index < -0.39 is 0 Å². The molecule has 0 radical (unpaired) electrons. The van der Waals surface area contributed by atoms with Gasteiger partial charge in [-0.25, -0.2) is 4.98 Å². The minimum atomic E-state index is 0.186. The molecule has 1 saturated heterocycles. The molecule has 2 aliphatic carbocycles. The number of hydrogen-bond acceptors (Lipinski definition) is 5. The molecule has 0 aromatic carbocycles. The van der Waals surface area contributed by atoms with E-state index in [1.54, 1.807) is 0 Å². The van der Waals surface area contributed by atoms with Crippen molar-refractivity contribution in [2.75, 3.05) is 23.3 Å². The predicted octanol–water partition coefficient (Wildman–Crippen LogP) is 4.09. The molecule has 0 unspecified atom stereocenters. The molecule has 3 fully saturated rings. The van der Waals surface area contributed by atoms with Gasteiger partial charge in [0, 0.05) is 24.5 Å². The van der Waals surface area contributed by atoms with Crippen LogP contribution >= 0.6 is 0 Å². The molecule has 1 spiro atoms. The third-order valence-corrected chi connectivity index (χ3v) is 6.64. The van der Waals surface area contributed by atoms with Crippen LogP contribution in [0.15, 0.2) is 24.5 Å². The van der Waals surface area contributed by atoms with Gasteiger partial charge < -0.3 is 15.5 Å². The largest absolute Gasteiger partial charge is 0.385 e. The monoisotopic (exact) mass is 355 g/mol. The second-order valence-corrected chi connectivity index (χ2v) is 8.67. The first-order valence-electron chi connectivity index (χ1n) is 10.4. The van der Waals surface area contributed by atoms with Crippen LogP contribution in [0.5, 0.6) is 0 Å². The Labute approximate surface area is 157 Å². The summed E-state index contributed by atoms with van der Waals surface area (Å²) in [6.45, 7) is 8.36. The summed E-state index contributed by atoms with van der Waals surface area (Å²) in [5, 5.41) is 7.13. The van der Waals surface area contributed by atoms with E-state index in [4.69, 9.17) is 4.98 Å². The number of aromatic nitrogens is 2. The van der Waals surface area contributed by atoms with E-state index in [-0.39, 0.29) is 5.54 Å². The lowest BCUT2D eigenvalue weighted by Crippen LogP contribution is -2.61. The Morgan fingerprint density at radius 1 is 1.19 bits per heavy atom. The number of nitrogens with one attached hydrogen (secondary N) is 2. The molecule has 0 amide bonds. The number of rotatable bonds is 3. The van der Waals surface area contributed by atoms with Crippen molar-refractivity contribution in [3.05, 3.63) is 24.5 Å². The number of piperazine rings is 1. The number of hydrogen-bond donors (Lipinski definition) is 2. The standard InChI is InChI=1S/C21H33N5/c1-16-6-8-18(9-7-16)24-20-22-13-10-19(25-20)26-14-17(2)23-15-21(26)11-4-3-5-12-21/h10,13,16,18,23H,2-9,11-12,14-15H2,1H3,(H,22,24,25). The van der Waals surface area contributed by atoms with E-state index in [1.165, 1.54) is 57.8 Å². The molecule has 2 heterocycles. The van der Waals surface area contributed by atoms with Gasteiger partial charge in [0.05, 0.1) is 12.1 Å². The highest BCUT2D eigenvalue weighted by Gasteiger charge is 2.41. The van der Waals surface area contributed by atoms with E-state index in [1.807, 2.05) is 6.20 Å².